The maximum absolute atomic E-state index is 13.3. The van der Waals surface area contributed by atoms with Gasteiger partial charge in [0.1, 0.15) is 17.7 Å². The van der Waals surface area contributed by atoms with Gasteiger partial charge in [-0.3, -0.25) is 13.6 Å². The van der Waals surface area contributed by atoms with Crippen molar-refractivity contribution in [3.05, 3.63) is 11.6 Å². The van der Waals surface area contributed by atoms with Gasteiger partial charge in [-0.25, -0.2) is 9.55 Å². The summed E-state index contributed by atoms with van der Waals surface area (Å²) in [5, 5.41) is 0.0285. The van der Waals surface area contributed by atoms with Crippen LogP contribution in [0.5, 0.6) is 0 Å². The molecule has 2 N–H and O–H groups in total. The molecule has 5 rings (SSSR count). The summed E-state index contributed by atoms with van der Waals surface area (Å²) < 4.78 is 51.0. The van der Waals surface area contributed by atoms with E-state index in [4.69, 9.17) is 45.1 Å². The van der Waals surface area contributed by atoms with E-state index in [9.17, 15) is 4.57 Å². The SMILES string of the molecule is CC(C)OP(=O)(OC[C@H]1O[C@@H]2C3(COC(C)(C)OC13)C2(C)n1cnc2c(N)nc(Cl)nc21)OC(C)C. The van der Waals surface area contributed by atoms with Gasteiger partial charge >= 0.3 is 7.82 Å². The second kappa shape index (κ2) is 8.57. The van der Waals surface area contributed by atoms with Crippen molar-refractivity contribution in [2.75, 3.05) is 18.9 Å². The third kappa shape index (κ3) is 3.97. The Morgan fingerprint density at radius 3 is 2.53 bits per heavy atom. The Kier molecular flexibility index (Phi) is 6.25. The lowest BCUT2D eigenvalue weighted by Crippen LogP contribution is -2.54. The molecule has 36 heavy (non-hydrogen) atoms. The molecule has 1 aliphatic carbocycles. The van der Waals surface area contributed by atoms with Crippen LogP contribution >= 0.6 is 19.4 Å². The molecule has 4 heterocycles. The first-order valence-corrected chi connectivity index (χ1v) is 13.8. The summed E-state index contributed by atoms with van der Waals surface area (Å²) in [6.45, 7) is 13.1. The highest BCUT2D eigenvalue weighted by Crippen LogP contribution is 2.73. The van der Waals surface area contributed by atoms with E-state index in [1.54, 1.807) is 34.0 Å². The molecule has 0 bridgehead atoms. The number of halogens is 1. The van der Waals surface area contributed by atoms with Crippen LogP contribution in [0.1, 0.15) is 48.5 Å². The maximum atomic E-state index is 13.3. The number of phosphoric acid groups is 1. The minimum Gasteiger partial charge on any atom is -0.382 e. The van der Waals surface area contributed by atoms with E-state index in [0.29, 0.717) is 17.8 Å². The third-order valence-electron chi connectivity index (χ3n) is 7.04. The highest BCUT2D eigenvalue weighted by Gasteiger charge is 2.87. The van der Waals surface area contributed by atoms with Gasteiger partial charge < -0.3 is 24.5 Å². The van der Waals surface area contributed by atoms with E-state index in [2.05, 4.69) is 15.0 Å². The monoisotopic (exact) mass is 545 g/mol. The van der Waals surface area contributed by atoms with Crippen molar-refractivity contribution in [1.82, 2.24) is 19.5 Å². The molecular weight excluding hydrogens is 513 g/mol. The number of ether oxygens (including phenoxy) is 3. The summed E-state index contributed by atoms with van der Waals surface area (Å²) in [4.78, 5) is 12.8. The minimum atomic E-state index is -3.82. The van der Waals surface area contributed by atoms with Crippen LogP contribution in [-0.4, -0.2) is 69.0 Å². The molecule has 1 saturated carbocycles. The van der Waals surface area contributed by atoms with E-state index in [-0.39, 0.29) is 36.0 Å². The van der Waals surface area contributed by atoms with E-state index in [1.807, 2.05) is 25.3 Å². The van der Waals surface area contributed by atoms with Crippen molar-refractivity contribution in [2.24, 2.45) is 5.41 Å². The predicted octanol–water partition coefficient (Wildman–Crippen LogP) is 3.67. The zero-order valence-electron chi connectivity index (χ0n) is 21.4. The molecule has 0 amide bonds. The number of hydrogen-bond donors (Lipinski definition) is 1. The third-order valence-corrected chi connectivity index (χ3v) is 9.03. The van der Waals surface area contributed by atoms with Gasteiger partial charge in [0.05, 0.1) is 48.8 Å². The lowest BCUT2D eigenvalue weighted by atomic mass is 9.89. The molecule has 3 fully saturated rings. The summed E-state index contributed by atoms with van der Waals surface area (Å²) in [5.41, 5.74) is 5.77. The van der Waals surface area contributed by atoms with Gasteiger partial charge in [0.2, 0.25) is 5.28 Å². The predicted molar refractivity (Wildman–Crippen MR) is 130 cm³/mol. The molecule has 12 nitrogen and oxygen atoms in total. The molecule has 3 unspecified atom stereocenters. The molecule has 2 aromatic rings. The smallest absolute Gasteiger partial charge is 0.382 e. The molecule has 14 heteroatoms. The first kappa shape index (κ1) is 26.2. The number of imidazole rings is 1. The first-order chi connectivity index (χ1) is 16.7. The van der Waals surface area contributed by atoms with Crippen molar-refractivity contribution in [3.8, 4) is 0 Å². The average molecular weight is 546 g/mol. The number of nitrogens with two attached hydrogens (primary N) is 1. The van der Waals surface area contributed by atoms with Crippen LogP contribution in [-0.2, 0) is 37.9 Å². The average Bonchev–Trinajstić information content (AvgIpc) is 3.06. The van der Waals surface area contributed by atoms with Crippen LogP contribution in [0.15, 0.2) is 6.33 Å². The van der Waals surface area contributed by atoms with Gasteiger partial charge in [0.15, 0.2) is 17.3 Å². The Hall–Kier alpha value is -1.37. The highest BCUT2D eigenvalue weighted by molar-refractivity contribution is 7.48. The van der Waals surface area contributed by atoms with Crippen molar-refractivity contribution in [2.45, 2.75) is 90.3 Å². The number of aromatic nitrogens is 4. The van der Waals surface area contributed by atoms with E-state index in [1.165, 1.54) is 0 Å². The number of nitrogens with zero attached hydrogens (tertiary/aromatic N) is 4. The number of anilines is 1. The first-order valence-electron chi connectivity index (χ1n) is 12.0. The van der Waals surface area contributed by atoms with Gasteiger partial charge in [0, 0.05) is 0 Å². The van der Waals surface area contributed by atoms with Crippen LogP contribution in [0.3, 0.4) is 0 Å². The van der Waals surface area contributed by atoms with Crippen LogP contribution in [0, 0.1) is 5.41 Å². The molecule has 3 aliphatic rings. The molecule has 0 aromatic carbocycles. The Morgan fingerprint density at radius 1 is 1.22 bits per heavy atom. The zero-order valence-corrected chi connectivity index (χ0v) is 23.1. The molecule has 1 spiro atoms. The quantitative estimate of drug-likeness (QED) is 0.383. The van der Waals surface area contributed by atoms with Crippen LogP contribution in [0.2, 0.25) is 5.28 Å². The lowest BCUT2D eigenvalue weighted by molar-refractivity contribution is -0.309. The van der Waals surface area contributed by atoms with Gasteiger partial charge in [-0.15, -0.1) is 0 Å². The van der Waals surface area contributed by atoms with Gasteiger partial charge in [0.25, 0.3) is 0 Å². The fraction of sp³-hybridized carbons (Fsp3) is 0.773. The van der Waals surface area contributed by atoms with Crippen molar-refractivity contribution < 1.29 is 32.3 Å². The van der Waals surface area contributed by atoms with Gasteiger partial charge in [-0.1, -0.05) is 0 Å². The summed E-state index contributed by atoms with van der Waals surface area (Å²) >= 11 is 6.11. The van der Waals surface area contributed by atoms with Crippen LogP contribution in [0.25, 0.3) is 11.2 Å². The topological polar surface area (TPSA) is 142 Å². The van der Waals surface area contributed by atoms with Crippen LogP contribution < -0.4 is 5.73 Å². The number of rotatable bonds is 8. The second-order valence-electron chi connectivity index (χ2n) is 10.7. The summed E-state index contributed by atoms with van der Waals surface area (Å²) in [5.74, 6) is -0.655. The lowest BCUT2D eigenvalue weighted by Gasteiger charge is -2.44. The molecule has 0 radical (unpaired) electrons. The Bertz CT molecular complexity index is 1210. The summed E-state index contributed by atoms with van der Waals surface area (Å²) in [6.07, 6.45) is -0.360. The number of fused-ring (bicyclic) bond motifs is 1. The number of nitrogen functional groups attached to an aromatic ring is 1. The van der Waals surface area contributed by atoms with Crippen molar-refractivity contribution in [1.29, 1.82) is 0 Å². The van der Waals surface area contributed by atoms with E-state index in [0.717, 1.165) is 0 Å². The van der Waals surface area contributed by atoms with Crippen molar-refractivity contribution >= 4 is 36.4 Å². The number of phosphoric ester groups is 1. The van der Waals surface area contributed by atoms with Crippen molar-refractivity contribution in [3.63, 3.8) is 0 Å². The maximum Gasteiger partial charge on any atom is 0.475 e. The molecule has 5 atom stereocenters. The van der Waals surface area contributed by atoms with Gasteiger partial charge in [-0.05, 0) is 60.1 Å². The second-order valence-corrected chi connectivity index (χ2v) is 12.6. The standard InChI is InChI=1S/C22H33ClN5O7P/c1-11(2)34-36(29,35-12(3)4)31-8-13-15-22(9-30-20(5,6)33-15)18(32-13)21(22,7)28-10-25-14-16(24)26-19(23)27-17(14)28/h10-13,15,18H,8-9H2,1-7H3,(H2,24,26,27)/t13-,15?,18+,21?,22?/m1/s1. The highest BCUT2D eigenvalue weighted by atomic mass is 35.5. The number of hydrogen-bond acceptors (Lipinski definition) is 11. The Labute approximate surface area is 214 Å². The molecular formula is C22H33ClN5O7P. The Morgan fingerprint density at radius 2 is 1.89 bits per heavy atom. The van der Waals surface area contributed by atoms with Gasteiger partial charge in [-0.2, -0.15) is 9.97 Å². The summed E-state index contributed by atoms with van der Waals surface area (Å²) in [6, 6.07) is 0. The largest absolute Gasteiger partial charge is 0.475 e. The van der Waals surface area contributed by atoms with E-state index < -0.39 is 36.8 Å². The molecule has 2 aliphatic heterocycles. The zero-order chi connectivity index (χ0) is 26.3. The molecule has 2 saturated heterocycles. The summed E-state index contributed by atoms with van der Waals surface area (Å²) in [7, 11) is -3.82. The molecule has 2 aromatic heterocycles. The normalized spacial score (nSPS) is 33.3. The van der Waals surface area contributed by atoms with Crippen LogP contribution in [0.4, 0.5) is 5.82 Å². The minimum absolute atomic E-state index is 0.0285. The Balaban J connectivity index is 1.45. The fourth-order valence-corrected chi connectivity index (χ4v) is 7.23. The van der Waals surface area contributed by atoms with E-state index >= 15 is 0 Å². The molecule has 200 valence electrons. The fourth-order valence-electron chi connectivity index (χ4n) is 5.53.